The first-order valence-corrected chi connectivity index (χ1v) is 7.29. The third kappa shape index (κ3) is 2.62. The second-order valence-electron chi connectivity index (χ2n) is 5.82. The molecule has 1 spiro atoms. The summed E-state index contributed by atoms with van der Waals surface area (Å²) in [6.07, 6.45) is 5.58. The molecule has 2 saturated heterocycles. The fourth-order valence-corrected chi connectivity index (χ4v) is 3.30. The molecule has 0 bridgehead atoms. The predicted molar refractivity (Wildman–Crippen MR) is 74.0 cm³/mol. The van der Waals surface area contributed by atoms with E-state index in [-0.39, 0.29) is 22.8 Å². The highest BCUT2D eigenvalue weighted by Crippen LogP contribution is 2.38. The molecule has 2 amide bonds. The summed E-state index contributed by atoms with van der Waals surface area (Å²) in [6, 6.07) is 1.21. The normalized spacial score (nSPS) is 25.8. The van der Waals surface area contributed by atoms with Crippen molar-refractivity contribution in [3.8, 4) is 0 Å². The molecule has 6 heteroatoms. The molecule has 1 atom stereocenters. The topological polar surface area (TPSA) is 62.3 Å². The molecule has 0 radical (unpaired) electrons. The monoisotopic (exact) mass is 291 g/mol. The van der Waals surface area contributed by atoms with Crippen LogP contribution in [0.2, 0.25) is 0 Å². The lowest BCUT2D eigenvalue weighted by Crippen LogP contribution is -2.35. The van der Waals surface area contributed by atoms with E-state index in [4.69, 9.17) is 0 Å². The van der Waals surface area contributed by atoms with Crippen molar-refractivity contribution in [2.24, 2.45) is 5.41 Å². The van der Waals surface area contributed by atoms with E-state index in [9.17, 15) is 14.0 Å². The van der Waals surface area contributed by atoms with Crippen LogP contribution in [0.15, 0.2) is 18.5 Å². The van der Waals surface area contributed by atoms with Crippen LogP contribution in [0.1, 0.15) is 36.0 Å². The van der Waals surface area contributed by atoms with E-state index in [1.54, 1.807) is 4.90 Å². The molecule has 3 heterocycles. The number of hydrogen-bond acceptors (Lipinski definition) is 3. The molecule has 1 aromatic heterocycles. The Bertz CT molecular complexity index is 578. The predicted octanol–water partition coefficient (Wildman–Crippen LogP) is 1.35. The molecule has 3 rings (SSSR count). The molecule has 112 valence electrons. The second-order valence-corrected chi connectivity index (χ2v) is 5.82. The van der Waals surface area contributed by atoms with Gasteiger partial charge in [-0.05, 0) is 31.7 Å². The van der Waals surface area contributed by atoms with Gasteiger partial charge < -0.3 is 10.2 Å². The quantitative estimate of drug-likeness (QED) is 0.849. The van der Waals surface area contributed by atoms with E-state index < -0.39 is 5.82 Å². The molecule has 1 N–H and O–H groups in total. The number of likely N-dealkylation sites (tertiary alicyclic amines) is 1. The summed E-state index contributed by atoms with van der Waals surface area (Å²) in [4.78, 5) is 29.9. The smallest absolute Gasteiger partial charge is 0.255 e. The van der Waals surface area contributed by atoms with Gasteiger partial charge in [-0.1, -0.05) is 0 Å². The van der Waals surface area contributed by atoms with Crippen LogP contribution in [0.4, 0.5) is 4.39 Å². The van der Waals surface area contributed by atoms with Crippen LogP contribution in [0.5, 0.6) is 0 Å². The molecule has 0 aromatic carbocycles. The summed E-state index contributed by atoms with van der Waals surface area (Å²) in [5.74, 6) is -0.607. The van der Waals surface area contributed by atoms with Gasteiger partial charge in [0.1, 0.15) is 5.82 Å². The maximum atomic E-state index is 13.2. The Balaban J connectivity index is 1.73. The van der Waals surface area contributed by atoms with Crippen molar-refractivity contribution in [3.63, 3.8) is 0 Å². The lowest BCUT2D eigenvalue weighted by Gasteiger charge is -2.24. The van der Waals surface area contributed by atoms with Gasteiger partial charge in [-0.3, -0.25) is 14.6 Å². The summed E-state index contributed by atoms with van der Waals surface area (Å²) in [5, 5.41) is 2.89. The first-order chi connectivity index (χ1) is 10.1. The Morgan fingerprint density at radius 2 is 2.14 bits per heavy atom. The highest BCUT2D eigenvalue weighted by molar-refractivity contribution is 5.94. The van der Waals surface area contributed by atoms with Crippen LogP contribution in [0.25, 0.3) is 0 Å². The zero-order valence-corrected chi connectivity index (χ0v) is 11.8. The maximum Gasteiger partial charge on any atom is 0.255 e. The zero-order valence-electron chi connectivity index (χ0n) is 11.8. The molecule has 0 saturated carbocycles. The molecule has 2 fully saturated rings. The zero-order chi connectivity index (χ0) is 14.9. The van der Waals surface area contributed by atoms with Crippen molar-refractivity contribution in [1.29, 1.82) is 0 Å². The number of carbonyl (C=O) groups excluding carboxylic acids is 2. The molecule has 2 aliphatic rings. The van der Waals surface area contributed by atoms with Gasteiger partial charge in [0.25, 0.3) is 5.91 Å². The number of carbonyl (C=O) groups is 2. The summed E-state index contributed by atoms with van der Waals surface area (Å²) >= 11 is 0. The number of aromatic nitrogens is 1. The summed E-state index contributed by atoms with van der Waals surface area (Å²) in [6.45, 7) is 1.85. The fourth-order valence-electron chi connectivity index (χ4n) is 3.30. The van der Waals surface area contributed by atoms with E-state index in [0.717, 1.165) is 32.0 Å². The molecule has 5 nitrogen and oxygen atoms in total. The number of halogens is 1. The highest BCUT2D eigenvalue weighted by atomic mass is 19.1. The second kappa shape index (κ2) is 5.42. The van der Waals surface area contributed by atoms with E-state index in [0.29, 0.717) is 19.5 Å². The van der Waals surface area contributed by atoms with Crippen molar-refractivity contribution in [2.45, 2.75) is 25.7 Å². The Hall–Kier alpha value is -1.98. The SMILES string of the molecule is O=C(c1cncc(F)c1)N1CCCC2(CCNC2=O)CC1. The Labute approximate surface area is 122 Å². The number of rotatable bonds is 1. The van der Waals surface area contributed by atoms with Crippen molar-refractivity contribution in [2.75, 3.05) is 19.6 Å². The van der Waals surface area contributed by atoms with Crippen molar-refractivity contribution in [3.05, 3.63) is 29.8 Å². The summed E-state index contributed by atoms with van der Waals surface area (Å²) < 4.78 is 13.2. The Kier molecular flexibility index (Phi) is 3.61. The van der Waals surface area contributed by atoms with Gasteiger partial charge in [-0.25, -0.2) is 4.39 Å². The van der Waals surface area contributed by atoms with E-state index in [2.05, 4.69) is 10.3 Å². The van der Waals surface area contributed by atoms with Crippen LogP contribution < -0.4 is 5.32 Å². The van der Waals surface area contributed by atoms with Gasteiger partial charge in [0.15, 0.2) is 0 Å². The van der Waals surface area contributed by atoms with Gasteiger partial charge in [-0.2, -0.15) is 0 Å². The lowest BCUT2D eigenvalue weighted by molar-refractivity contribution is -0.128. The summed E-state index contributed by atoms with van der Waals surface area (Å²) in [5.41, 5.74) is -0.0447. The highest BCUT2D eigenvalue weighted by Gasteiger charge is 2.43. The van der Waals surface area contributed by atoms with Gasteiger partial charge >= 0.3 is 0 Å². The average molecular weight is 291 g/mol. The third-order valence-corrected chi connectivity index (χ3v) is 4.55. The van der Waals surface area contributed by atoms with Crippen molar-refractivity contribution < 1.29 is 14.0 Å². The molecule has 1 aromatic rings. The van der Waals surface area contributed by atoms with Gasteiger partial charge in [-0.15, -0.1) is 0 Å². The minimum atomic E-state index is -0.512. The molecule has 1 unspecified atom stereocenters. The first kappa shape index (κ1) is 14.0. The molecule has 2 aliphatic heterocycles. The van der Waals surface area contributed by atoms with Crippen LogP contribution in [0.3, 0.4) is 0 Å². The number of nitrogens with zero attached hydrogens (tertiary/aromatic N) is 2. The number of amides is 2. The number of pyridine rings is 1. The molecular formula is C15H18FN3O2. The molecular weight excluding hydrogens is 273 g/mol. The maximum absolute atomic E-state index is 13.2. The minimum Gasteiger partial charge on any atom is -0.356 e. The first-order valence-electron chi connectivity index (χ1n) is 7.29. The fraction of sp³-hybridized carbons (Fsp3) is 0.533. The number of nitrogens with one attached hydrogen (secondary N) is 1. The van der Waals surface area contributed by atoms with Crippen LogP contribution in [-0.2, 0) is 4.79 Å². The third-order valence-electron chi connectivity index (χ3n) is 4.55. The van der Waals surface area contributed by atoms with Crippen molar-refractivity contribution in [1.82, 2.24) is 15.2 Å². The van der Waals surface area contributed by atoms with Crippen LogP contribution in [0, 0.1) is 11.2 Å². The Morgan fingerprint density at radius 3 is 2.86 bits per heavy atom. The standard InChI is InChI=1S/C15H18FN3O2/c16-12-8-11(9-17-10-12)13(20)19-6-1-2-15(4-7-19)3-5-18-14(15)21/h8-10H,1-7H2,(H,18,21). The van der Waals surface area contributed by atoms with Gasteiger partial charge in [0, 0.05) is 25.8 Å². The lowest BCUT2D eigenvalue weighted by atomic mass is 9.79. The largest absolute Gasteiger partial charge is 0.356 e. The van der Waals surface area contributed by atoms with Gasteiger partial charge in [0.2, 0.25) is 5.91 Å². The number of hydrogen-bond donors (Lipinski definition) is 1. The van der Waals surface area contributed by atoms with Crippen LogP contribution in [-0.4, -0.2) is 41.3 Å². The van der Waals surface area contributed by atoms with Crippen molar-refractivity contribution >= 4 is 11.8 Å². The van der Waals surface area contributed by atoms with Gasteiger partial charge in [0.05, 0.1) is 17.2 Å². The average Bonchev–Trinajstić information content (AvgIpc) is 2.71. The summed E-state index contributed by atoms with van der Waals surface area (Å²) in [7, 11) is 0. The van der Waals surface area contributed by atoms with Crippen LogP contribution >= 0.6 is 0 Å². The van der Waals surface area contributed by atoms with E-state index in [1.165, 1.54) is 12.3 Å². The molecule has 21 heavy (non-hydrogen) atoms. The van der Waals surface area contributed by atoms with E-state index >= 15 is 0 Å². The van der Waals surface area contributed by atoms with E-state index in [1.807, 2.05) is 0 Å². The Morgan fingerprint density at radius 1 is 1.29 bits per heavy atom. The molecule has 0 aliphatic carbocycles. The minimum absolute atomic E-state index is 0.115.